The van der Waals surface area contributed by atoms with E-state index < -0.39 is 6.55 Å². The van der Waals surface area contributed by atoms with Crippen molar-refractivity contribution in [2.24, 2.45) is 0 Å². The minimum absolute atomic E-state index is 0.324. The van der Waals surface area contributed by atoms with E-state index in [0.717, 1.165) is 60.6 Å². The standard InChI is InChI=1S/C20H21ClF2N6O/c21-17-5-13-7-24-20(26-14-8-25-29(9-14)19(22)23)27-18(13)6-16(17)12-1-3-28(4-2-12)15-10-30-11-15/h5-9,12,15,19H,1-4,10-11H2,(H,24,26,27). The summed E-state index contributed by atoms with van der Waals surface area (Å²) in [6.45, 7) is 1.07. The highest BCUT2D eigenvalue weighted by Gasteiger charge is 2.30. The zero-order valence-electron chi connectivity index (χ0n) is 16.1. The summed E-state index contributed by atoms with van der Waals surface area (Å²) in [6.07, 6.45) is 6.30. The number of rotatable bonds is 5. The van der Waals surface area contributed by atoms with Crippen LogP contribution in [0.15, 0.2) is 30.7 Å². The summed E-state index contributed by atoms with van der Waals surface area (Å²) in [6, 6.07) is 4.49. The number of likely N-dealkylation sites (tertiary alicyclic amines) is 1. The number of alkyl halides is 2. The summed E-state index contributed by atoms with van der Waals surface area (Å²) in [5.41, 5.74) is 2.27. The molecule has 3 aromatic rings. The van der Waals surface area contributed by atoms with Crippen molar-refractivity contribution in [1.29, 1.82) is 0 Å². The van der Waals surface area contributed by atoms with Crippen molar-refractivity contribution >= 4 is 34.1 Å². The van der Waals surface area contributed by atoms with Gasteiger partial charge in [-0.2, -0.15) is 13.9 Å². The lowest BCUT2D eigenvalue weighted by molar-refractivity contribution is -0.0712. The summed E-state index contributed by atoms with van der Waals surface area (Å²) in [7, 11) is 0. The Hall–Kier alpha value is -2.36. The van der Waals surface area contributed by atoms with Crippen LogP contribution in [0.1, 0.15) is 30.9 Å². The number of hydrogen-bond acceptors (Lipinski definition) is 6. The smallest absolute Gasteiger partial charge is 0.333 e. The van der Waals surface area contributed by atoms with Gasteiger partial charge in [-0.05, 0) is 49.5 Å². The molecule has 5 rings (SSSR count). The maximum atomic E-state index is 12.7. The number of hydrogen-bond donors (Lipinski definition) is 1. The number of aromatic nitrogens is 4. The molecule has 2 aliphatic heterocycles. The van der Waals surface area contributed by atoms with Crippen molar-refractivity contribution in [2.75, 3.05) is 31.6 Å². The topological polar surface area (TPSA) is 68.1 Å². The van der Waals surface area contributed by atoms with E-state index >= 15 is 0 Å². The maximum Gasteiger partial charge on any atom is 0.333 e. The average Bonchev–Trinajstić information content (AvgIpc) is 3.16. The van der Waals surface area contributed by atoms with Crippen molar-refractivity contribution in [2.45, 2.75) is 31.4 Å². The summed E-state index contributed by atoms with van der Waals surface area (Å²) < 4.78 is 31.3. The molecule has 10 heteroatoms. The van der Waals surface area contributed by atoms with Crippen LogP contribution in [0.25, 0.3) is 10.9 Å². The van der Waals surface area contributed by atoms with Crippen LogP contribution in [0.4, 0.5) is 20.4 Å². The van der Waals surface area contributed by atoms with E-state index in [4.69, 9.17) is 16.3 Å². The highest BCUT2D eigenvalue weighted by molar-refractivity contribution is 6.32. The van der Waals surface area contributed by atoms with E-state index in [2.05, 4.69) is 25.3 Å². The monoisotopic (exact) mass is 434 g/mol. The molecular formula is C20H21ClF2N6O. The second-order valence-corrected chi connectivity index (χ2v) is 8.15. The molecule has 0 spiro atoms. The lowest BCUT2D eigenvalue weighted by Gasteiger charge is -2.41. The summed E-state index contributed by atoms with van der Waals surface area (Å²) in [4.78, 5) is 11.3. The molecule has 0 unspecified atom stereocenters. The first-order valence-corrected chi connectivity index (χ1v) is 10.3. The molecule has 1 aromatic carbocycles. The van der Waals surface area contributed by atoms with Gasteiger partial charge in [0.05, 0.1) is 42.9 Å². The molecule has 2 aromatic heterocycles. The van der Waals surface area contributed by atoms with E-state index in [1.54, 1.807) is 6.20 Å². The number of nitrogens with one attached hydrogen (secondary N) is 1. The number of halogens is 3. The van der Waals surface area contributed by atoms with Crippen molar-refractivity contribution in [3.63, 3.8) is 0 Å². The summed E-state index contributed by atoms with van der Waals surface area (Å²) >= 11 is 6.59. The second-order valence-electron chi connectivity index (χ2n) is 7.74. The van der Waals surface area contributed by atoms with Crippen LogP contribution in [-0.2, 0) is 4.74 Å². The van der Waals surface area contributed by atoms with Gasteiger partial charge < -0.3 is 10.1 Å². The van der Waals surface area contributed by atoms with Crippen molar-refractivity contribution in [3.05, 3.63) is 41.3 Å². The fourth-order valence-corrected chi connectivity index (χ4v) is 4.41. The lowest BCUT2D eigenvalue weighted by Crippen LogP contribution is -2.51. The Balaban J connectivity index is 1.35. The molecule has 158 valence electrons. The van der Waals surface area contributed by atoms with E-state index in [9.17, 15) is 8.78 Å². The SMILES string of the molecule is FC(F)n1cc(Nc2ncc3cc(Cl)c(C4CCN(C5COC5)CC4)cc3n2)cn1. The molecule has 2 saturated heterocycles. The Morgan fingerprint density at radius 3 is 2.63 bits per heavy atom. The maximum absolute atomic E-state index is 12.7. The molecule has 2 aliphatic rings. The van der Waals surface area contributed by atoms with Crippen LogP contribution in [-0.4, -0.2) is 57.0 Å². The number of piperidine rings is 1. The van der Waals surface area contributed by atoms with E-state index in [-0.39, 0.29) is 0 Å². The number of ether oxygens (including phenoxy) is 1. The van der Waals surface area contributed by atoms with Crippen LogP contribution < -0.4 is 5.32 Å². The molecule has 7 nitrogen and oxygen atoms in total. The molecule has 0 radical (unpaired) electrons. The Kier molecular flexibility index (Phi) is 5.26. The fourth-order valence-electron chi connectivity index (χ4n) is 4.09. The number of anilines is 2. The van der Waals surface area contributed by atoms with Gasteiger partial charge in [0.2, 0.25) is 5.95 Å². The van der Waals surface area contributed by atoms with Gasteiger partial charge in [0.1, 0.15) is 0 Å². The highest BCUT2D eigenvalue weighted by Crippen LogP contribution is 2.36. The van der Waals surface area contributed by atoms with E-state index in [1.807, 2.05) is 12.1 Å². The molecule has 4 heterocycles. The van der Waals surface area contributed by atoms with Gasteiger partial charge in [-0.25, -0.2) is 14.6 Å². The minimum atomic E-state index is -2.69. The van der Waals surface area contributed by atoms with Crippen LogP contribution in [0.2, 0.25) is 5.02 Å². The molecule has 0 aliphatic carbocycles. The van der Waals surface area contributed by atoms with Crippen LogP contribution >= 0.6 is 11.6 Å². The van der Waals surface area contributed by atoms with Gasteiger partial charge in [-0.3, -0.25) is 4.90 Å². The molecular weight excluding hydrogens is 414 g/mol. The number of fused-ring (bicyclic) bond motifs is 1. The van der Waals surface area contributed by atoms with Gasteiger partial charge in [-0.15, -0.1) is 0 Å². The normalized spacial score (nSPS) is 18.8. The zero-order chi connectivity index (χ0) is 20.7. The quantitative estimate of drug-likeness (QED) is 0.649. The minimum Gasteiger partial charge on any atom is -0.378 e. The molecule has 0 saturated carbocycles. The molecule has 0 atom stereocenters. The van der Waals surface area contributed by atoms with Gasteiger partial charge in [0.25, 0.3) is 0 Å². The third-order valence-electron chi connectivity index (χ3n) is 5.86. The summed E-state index contributed by atoms with van der Waals surface area (Å²) in [5, 5.41) is 8.10. The van der Waals surface area contributed by atoms with Crippen molar-refractivity contribution in [1.82, 2.24) is 24.6 Å². The van der Waals surface area contributed by atoms with Crippen molar-refractivity contribution < 1.29 is 13.5 Å². The number of nitrogens with zero attached hydrogens (tertiary/aromatic N) is 5. The molecule has 0 amide bonds. The van der Waals surface area contributed by atoms with Gasteiger partial charge in [0, 0.05) is 16.6 Å². The van der Waals surface area contributed by atoms with Gasteiger partial charge >= 0.3 is 6.55 Å². The highest BCUT2D eigenvalue weighted by atomic mass is 35.5. The van der Waals surface area contributed by atoms with Crippen molar-refractivity contribution in [3.8, 4) is 0 Å². The predicted octanol–water partition coefficient (Wildman–Crippen LogP) is 4.20. The lowest BCUT2D eigenvalue weighted by atomic mass is 9.88. The Labute approximate surface area is 177 Å². The van der Waals surface area contributed by atoms with Gasteiger partial charge in [-0.1, -0.05) is 11.6 Å². The van der Waals surface area contributed by atoms with E-state index in [0.29, 0.717) is 28.3 Å². The average molecular weight is 435 g/mol. The third kappa shape index (κ3) is 3.84. The zero-order valence-corrected chi connectivity index (χ0v) is 16.9. The molecule has 30 heavy (non-hydrogen) atoms. The van der Waals surface area contributed by atoms with Crippen LogP contribution in [0.5, 0.6) is 0 Å². The predicted molar refractivity (Wildman–Crippen MR) is 109 cm³/mol. The fraction of sp³-hybridized carbons (Fsp3) is 0.450. The summed E-state index contributed by atoms with van der Waals surface area (Å²) in [5.74, 6) is 0.708. The molecule has 2 fully saturated rings. The first-order chi connectivity index (χ1) is 14.6. The number of benzene rings is 1. The first-order valence-electron chi connectivity index (χ1n) is 9.94. The Morgan fingerprint density at radius 2 is 1.97 bits per heavy atom. The first kappa shape index (κ1) is 19.6. The second kappa shape index (κ2) is 8.05. The van der Waals surface area contributed by atoms with Crippen LogP contribution in [0.3, 0.4) is 0 Å². The third-order valence-corrected chi connectivity index (χ3v) is 6.19. The van der Waals surface area contributed by atoms with Crippen LogP contribution in [0, 0.1) is 0 Å². The van der Waals surface area contributed by atoms with E-state index in [1.165, 1.54) is 12.4 Å². The molecule has 1 N–H and O–H groups in total. The largest absolute Gasteiger partial charge is 0.378 e. The van der Waals surface area contributed by atoms with Gasteiger partial charge in [0.15, 0.2) is 0 Å². The Bertz CT molecular complexity index is 1050. The molecule has 0 bridgehead atoms. The Morgan fingerprint density at radius 1 is 1.17 bits per heavy atom.